The number of carbonyl (C=O) groups excluding carboxylic acids is 2. The first-order valence-corrected chi connectivity index (χ1v) is 10.6. The highest BCUT2D eigenvalue weighted by Crippen LogP contribution is 2.40. The van der Waals surface area contributed by atoms with E-state index in [4.69, 9.17) is 0 Å². The van der Waals surface area contributed by atoms with Crippen LogP contribution < -0.4 is 0 Å². The Bertz CT molecular complexity index is 882. The molecule has 1 spiro atoms. The molecule has 2 amide bonds. The molecule has 29 heavy (non-hydrogen) atoms. The fourth-order valence-electron chi connectivity index (χ4n) is 4.71. The maximum atomic E-state index is 12.9. The first kappa shape index (κ1) is 19.7. The first-order valence-electron chi connectivity index (χ1n) is 10.6. The highest BCUT2D eigenvalue weighted by molar-refractivity contribution is 5.95. The van der Waals surface area contributed by atoms with Crippen LogP contribution in [0, 0.1) is 12.3 Å². The average molecular weight is 395 g/mol. The van der Waals surface area contributed by atoms with E-state index in [-0.39, 0.29) is 17.2 Å². The fourth-order valence-corrected chi connectivity index (χ4v) is 4.71. The Balaban J connectivity index is 1.36. The number of aromatic nitrogens is 2. The summed E-state index contributed by atoms with van der Waals surface area (Å²) in [5, 5.41) is 0. The number of nitrogens with zero attached hydrogens (tertiary/aromatic N) is 4. The Morgan fingerprint density at radius 2 is 2.00 bits per heavy atom. The van der Waals surface area contributed by atoms with E-state index in [0.29, 0.717) is 6.42 Å². The SMILES string of the molecule is Cc1c(C(=O)N2CCC3(CCC(=O)N(CCc4cccnc4)C3)CC2)ccn1C. The molecule has 2 saturated heterocycles. The zero-order valence-electron chi connectivity index (χ0n) is 17.4. The van der Waals surface area contributed by atoms with Crippen molar-refractivity contribution in [2.24, 2.45) is 12.5 Å². The summed E-state index contributed by atoms with van der Waals surface area (Å²) in [6, 6.07) is 5.92. The molecule has 6 heteroatoms. The molecule has 154 valence electrons. The van der Waals surface area contributed by atoms with Gasteiger partial charge in [0.1, 0.15) is 0 Å². The van der Waals surface area contributed by atoms with Gasteiger partial charge in [-0.1, -0.05) is 6.07 Å². The van der Waals surface area contributed by atoms with E-state index >= 15 is 0 Å². The molecular weight excluding hydrogens is 364 g/mol. The average Bonchev–Trinajstić information content (AvgIpc) is 3.08. The number of likely N-dealkylation sites (tertiary alicyclic amines) is 2. The molecule has 2 fully saturated rings. The molecule has 2 aromatic rings. The van der Waals surface area contributed by atoms with Crippen LogP contribution in [0.5, 0.6) is 0 Å². The van der Waals surface area contributed by atoms with E-state index in [0.717, 1.165) is 63.1 Å². The maximum absolute atomic E-state index is 12.9. The van der Waals surface area contributed by atoms with Crippen molar-refractivity contribution >= 4 is 11.8 Å². The van der Waals surface area contributed by atoms with Crippen molar-refractivity contribution in [1.29, 1.82) is 0 Å². The summed E-state index contributed by atoms with van der Waals surface area (Å²) in [5.41, 5.74) is 3.14. The van der Waals surface area contributed by atoms with E-state index in [2.05, 4.69) is 11.1 Å². The Hall–Kier alpha value is -2.63. The van der Waals surface area contributed by atoms with E-state index in [1.165, 1.54) is 5.56 Å². The number of rotatable bonds is 4. The number of hydrogen-bond acceptors (Lipinski definition) is 3. The number of aryl methyl sites for hydroxylation is 1. The summed E-state index contributed by atoms with van der Waals surface area (Å²) in [6.45, 7) is 5.11. The van der Waals surface area contributed by atoms with Crippen molar-refractivity contribution in [3.63, 3.8) is 0 Å². The van der Waals surface area contributed by atoms with Crippen molar-refractivity contribution in [2.75, 3.05) is 26.2 Å². The van der Waals surface area contributed by atoms with Gasteiger partial charge in [-0.05, 0) is 55.7 Å². The number of amides is 2. The number of hydrogen-bond donors (Lipinski definition) is 0. The van der Waals surface area contributed by atoms with Gasteiger partial charge in [-0.25, -0.2) is 0 Å². The third kappa shape index (κ3) is 4.07. The molecule has 6 nitrogen and oxygen atoms in total. The topological polar surface area (TPSA) is 58.4 Å². The molecule has 2 aliphatic rings. The van der Waals surface area contributed by atoms with Gasteiger partial charge in [0.15, 0.2) is 0 Å². The van der Waals surface area contributed by atoms with Gasteiger partial charge in [0, 0.05) is 63.9 Å². The van der Waals surface area contributed by atoms with Crippen LogP contribution in [0.2, 0.25) is 0 Å². The zero-order valence-corrected chi connectivity index (χ0v) is 17.4. The Kier molecular flexibility index (Phi) is 5.43. The van der Waals surface area contributed by atoms with Gasteiger partial charge >= 0.3 is 0 Å². The van der Waals surface area contributed by atoms with Gasteiger partial charge in [-0.2, -0.15) is 0 Å². The van der Waals surface area contributed by atoms with Crippen LogP contribution in [-0.4, -0.2) is 57.3 Å². The smallest absolute Gasteiger partial charge is 0.255 e. The minimum Gasteiger partial charge on any atom is -0.354 e. The number of piperidine rings is 2. The van der Waals surface area contributed by atoms with Crippen LogP contribution in [0.3, 0.4) is 0 Å². The second-order valence-corrected chi connectivity index (χ2v) is 8.64. The molecule has 0 N–H and O–H groups in total. The van der Waals surface area contributed by atoms with Crippen LogP contribution in [-0.2, 0) is 18.3 Å². The Labute approximate surface area is 172 Å². The van der Waals surface area contributed by atoms with Crippen LogP contribution >= 0.6 is 0 Å². The molecule has 0 unspecified atom stereocenters. The van der Waals surface area contributed by atoms with Crippen LogP contribution in [0.15, 0.2) is 36.8 Å². The zero-order chi connectivity index (χ0) is 20.4. The van der Waals surface area contributed by atoms with Crippen molar-refractivity contribution in [3.8, 4) is 0 Å². The summed E-state index contributed by atoms with van der Waals surface area (Å²) in [7, 11) is 1.97. The van der Waals surface area contributed by atoms with Crippen molar-refractivity contribution in [1.82, 2.24) is 19.4 Å². The highest BCUT2D eigenvalue weighted by Gasteiger charge is 2.41. The van der Waals surface area contributed by atoms with E-state index < -0.39 is 0 Å². The predicted octanol–water partition coefficient (Wildman–Crippen LogP) is 2.82. The van der Waals surface area contributed by atoms with Gasteiger partial charge in [0.05, 0.1) is 5.56 Å². The van der Waals surface area contributed by atoms with E-state index in [9.17, 15) is 9.59 Å². The van der Waals surface area contributed by atoms with Crippen molar-refractivity contribution in [2.45, 2.75) is 39.0 Å². The fraction of sp³-hybridized carbons (Fsp3) is 0.522. The maximum Gasteiger partial charge on any atom is 0.255 e. The van der Waals surface area contributed by atoms with Crippen LogP contribution in [0.1, 0.15) is 47.3 Å². The largest absolute Gasteiger partial charge is 0.354 e. The quantitative estimate of drug-likeness (QED) is 0.801. The molecule has 0 aromatic carbocycles. The molecule has 2 aromatic heterocycles. The normalized spacial score (nSPS) is 19.0. The Morgan fingerprint density at radius 3 is 2.66 bits per heavy atom. The molecule has 0 radical (unpaired) electrons. The van der Waals surface area contributed by atoms with Crippen LogP contribution in [0.25, 0.3) is 0 Å². The molecule has 0 bridgehead atoms. The lowest BCUT2D eigenvalue weighted by Crippen LogP contribution is -2.52. The van der Waals surface area contributed by atoms with Crippen molar-refractivity contribution in [3.05, 3.63) is 53.6 Å². The second-order valence-electron chi connectivity index (χ2n) is 8.64. The van der Waals surface area contributed by atoms with Gasteiger partial charge in [0.2, 0.25) is 5.91 Å². The van der Waals surface area contributed by atoms with Gasteiger partial charge in [0.25, 0.3) is 5.91 Å². The van der Waals surface area contributed by atoms with E-state index in [1.807, 2.05) is 52.9 Å². The minimum absolute atomic E-state index is 0.137. The second kappa shape index (κ2) is 8.01. The molecule has 2 aliphatic heterocycles. The monoisotopic (exact) mass is 394 g/mol. The summed E-state index contributed by atoms with van der Waals surface area (Å²) < 4.78 is 1.99. The summed E-state index contributed by atoms with van der Waals surface area (Å²) >= 11 is 0. The molecule has 4 heterocycles. The summed E-state index contributed by atoms with van der Waals surface area (Å²) in [5.74, 6) is 0.399. The number of carbonyl (C=O) groups is 2. The summed E-state index contributed by atoms with van der Waals surface area (Å²) in [4.78, 5) is 33.6. The van der Waals surface area contributed by atoms with E-state index in [1.54, 1.807) is 6.20 Å². The first-order chi connectivity index (χ1) is 14.0. The third-order valence-corrected chi connectivity index (χ3v) is 6.87. The highest BCUT2D eigenvalue weighted by atomic mass is 16.2. The van der Waals surface area contributed by atoms with Gasteiger partial charge < -0.3 is 14.4 Å². The minimum atomic E-state index is 0.137. The lowest BCUT2D eigenvalue weighted by atomic mass is 9.72. The lowest BCUT2D eigenvalue weighted by Gasteiger charge is -2.47. The predicted molar refractivity (Wildman–Crippen MR) is 111 cm³/mol. The van der Waals surface area contributed by atoms with Crippen molar-refractivity contribution < 1.29 is 9.59 Å². The molecule has 4 rings (SSSR count). The Morgan fingerprint density at radius 1 is 1.21 bits per heavy atom. The molecule has 0 aliphatic carbocycles. The number of pyridine rings is 1. The summed E-state index contributed by atoms with van der Waals surface area (Å²) in [6.07, 6.45) is 9.95. The third-order valence-electron chi connectivity index (χ3n) is 6.87. The van der Waals surface area contributed by atoms with Gasteiger partial charge in [-0.15, -0.1) is 0 Å². The van der Waals surface area contributed by atoms with Gasteiger partial charge in [-0.3, -0.25) is 14.6 Å². The molecule has 0 saturated carbocycles. The molecule has 0 atom stereocenters. The molecular formula is C23H30N4O2. The standard InChI is InChI=1S/C23H30N4O2/c1-18-20(7-12-25(18)2)22(29)26-14-9-23(10-15-26)8-5-21(28)27(17-23)13-6-19-4-3-11-24-16-19/h3-4,7,11-12,16H,5-6,8-10,13-15,17H2,1-2H3. The van der Waals surface area contributed by atoms with Crippen LogP contribution in [0.4, 0.5) is 0 Å². The lowest BCUT2D eigenvalue weighted by molar-refractivity contribution is -0.138.